The van der Waals surface area contributed by atoms with Gasteiger partial charge in [-0.15, -0.1) is 0 Å². The first kappa shape index (κ1) is 20.2. The average Bonchev–Trinajstić information content (AvgIpc) is 3.36. The Bertz CT molecular complexity index is 1320. The third kappa shape index (κ3) is 3.20. The zero-order valence-corrected chi connectivity index (χ0v) is 18.2. The molecule has 1 aliphatic rings. The lowest BCUT2D eigenvalue weighted by molar-refractivity contribution is 0.0511. The fourth-order valence-electron chi connectivity index (χ4n) is 4.33. The molecule has 3 aromatic carbocycles. The van der Waals surface area contributed by atoms with E-state index in [9.17, 15) is 4.79 Å². The minimum absolute atomic E-state index is 0.0316. The predicted octanol–water partition coefficient (Wildman–Crippen LogP) is 4.90. The van der Waals surface area contributed by atoms with Gasteiger partial charge in [0.15, 0.2) is 12.6 Å². The minimum Gasteiger partial charge on any atom is -0.497 e. The average molecular weight is 429 g/mol. The Kier molecular flexibility index (Phi) is 5.07. The van der Waals surface area contributed by atoms with Gasteiger partial charge in [0, 0.05) is 36.2 Å². The predicted molar refractivity (Wildman–Crippen MR) is 122 cm³/mol. The standard InChI is InChI=1S/C26H23NO5/c1-29-15-32-18-6-4-16(5-7-18)26(28)24-22-11-9-20(31-3)13-23(22)27-14-17-12-19(30-2)8-10-21(17)25(24)27/h4-13H,14-15H2,1-3H3. The summed E-state index contributed by atoms with van der Waals surface area (Å²) in [4.78, 5) is 13.8. The summed E-state index contributed by atoms with van der Waals surface area (Å²) < 4.78 is 23.4. The van der Waals surface area contributed by atoms with Crippen molar-refractivity contribution in [2.45, 2.75) is 6.54 Å². The molecule has 0 amide bonds. The number of benzene rings is 3. The van der Waals surface area contributed by atoms with Crippen LogP contribution in [-0.4, -0.2) is 38.5 Å². The Labute approximate surface area is 185 Å². The first-order valence-corrected chi connectivity index (χ1v) is 10.3. The van der Waals surface area contributed by atoms with Crippen molar-refractivity contribution >= 4 is 16.7 Å². The minimum atomic E-state index is -0.0316. The molecule has 6 nitrogen and oxygen atoms in total. The normalized spacial score (nSPS) is 11.8. The molecule has 6 heteroatoms. The van der Waals surface area contributed by atoms with Crippen LogP contribution in [-0.2, 0) is 11.3 Å². The van der Waals surface area contributed by atoms with Crippen LogP contribution < -0.4 is 14.2 Å². The van der Waals surface area contributed by atoms with E-state index in [1.54, 1.807) is 45.6 Å². The zero-order chi connectivity index (χ0) is 22.2. The van der Waals surface area contributed by atoms with E-state index >= 15 is 0 Å². The van der Waals surface area contributed by atoms with Gasteiger partial charge in [-0.25, -0.2) is 0 Å². The van der Waals surface area contributed by atoms with E-state index in [1.165, 1.54) is 0 Å². The molecule has 0 saturated carbocycles. The third-order valence-electron chi connectivity index (χ3n) is 5.85. The van der Waals surface area contributed by atoms with Crippen LogP contribution in [0.2, 0.25) is 0 Å². The van der Waals surface area contributed by atoms with Crippen LogP contribution in [0.1, 0.15) is 21.5 Å². The van der Waals surface area contributed by atoms with E-state index in [0.717, 1.165) is 39.2 Å². The van der Waals surface area contributed by atoms with Crippen LogP contribution >= 0.6 is 0 Å². The number of methoxy groups -OCH3 is 3. The number of fused-ring (bicyclic) bond motifs is 5. The summed E-state index contributed by atoms with van der Waals surface area (Å²) in [6.07, 6.45) is 0. The fourth-order valence-corrected chi connectivity index (χ4v) is 4.33. The zero-order valence-electron chi connectivity index (χ0n) is 18.2. The number of nitrogens with zero attached hydrogens (tertiary/aromatic N) is 1. The second kappa shape index (κ2) is 8.05. The molecular formula is C26H23NO5. The van der Waals surface area contributed by atoms with Gasteiger partial charge in [0.1, 0.15) is 17.2 Å². The molecule has 2 heterocycles. The maximum absolute atomic E-state index is 13.8. The summed E-state index contributed by atoms with van der Waals surface area (Å²) in [6.45, 7) is 0.829. The van der Waals surface area contributed by atoms with Gasteiger partial charge in [-0.05, 0) is 60.2 Å². The second-order valence-corrected chi connectivity index (χ2v) is 7.62. The van der Waals surface area contributed by atoms with Gasteiger partial charge in [-0.3, -0.25) is 4.79 Å². The molecule has 0 bridgehead atoms. The SMILES string of the molecule is COCOc1ccc(C(=O)c2c3n(c4cc(OC)ccc24)Cc2cc(OC)ccc2-3)cc1. The van der Waals surface area contributed by atoms with E-state index in [-0.39, 0.29) is 12.6 Å². The summed E-state index contributed by atoms with van der Waals surface area (Å²) in [5.74, 6) is 2.18. The molecule has 0 atom stereocenters. The molecule has 5 rings (SSSR count). The van der Waals surface area contributed by atoms with Crippen LogP contribution in [0.4, 0.5) is 0 Å². The van der Waals surface area contributed by atoms with Crippen molar-refractivity contribution in [3.8, 4) is 28.5 Å². The number of carbonyl (C=O) groups excluding carboxylic acids is 1. The van der Waals surface area contributed by atoms with Crippen molar-refractivity contribution in [2.75, 3.05) is 28.1 Å². The largest absolute Gasteiger partial charge is 0.497 e. The molecule has 0 N–H and O–H groups in total. The molecule has 32 heavy (non-hydrogen) atoms. The molecule has 1 aliphatic heterocycles. The lowest BCUT2D eigenvalue weighted by atomic mass is 9.96. The van der Waals surface area contributed by atoms with Crippen LogP contribution in [0.15, 0.2) is 60.7 Å². The monoisotopic (exact) mass is 429 g/mol. The molecule has 4 aromatic rings. The molecule has 1 aromatic heterocycles. The summed E-state index contributed by atoms with van der Waals surface area (Å²) in [5, 5.41) is 0.909. The molecule has 0 fully saturated rings. The topological polar surface area (TPSA) is 58.9 Å². The third-order valence-corrected chi connectivity index (χ3v) is 5.85. The Morgan fingerprint density at radius 3 is 2.28 bits per heavy atom. The number of hydrogen-bond donors (Lipinski definition) is 0. The summed E-state index contributed by atoms with van der Waals surface area (Å²) >= 11 is 0. The first-order chi connectivity index (χ1) is 15.6. The lowest BCUT2D eigenvalue weighted by Gasteiger charge is -2.08. The van der Waals surface area contributed by atoms with Gasteiger partial charge >= 0.3 is 0 Å². The summed E-state index contributed by atoms with van der Waals surface area (Å²) in [5.41, 5.74) is 5.36. The van der Waals surface area contributed by atoms with Gasteiger partial charge in [-0.2, -0.15) is 0 Å². The molecule has 0 unspecified atom stereocenters. The number of rotatable bonds is 7. The van der Waals surface area contributed by atoms with Crippen molar-refractivity contribution < 1.29 is 23.7 Å². The van der Waals surface area contributed by atoms with Crippen molar-refractivity contribution in [3.05, 3.63) is 77.4 Å². The summed E-state index contributed by atoms with van der Waals surface area (Å²) in [7, 11) is 4.87. The van der Waals surface area contributed by atoms with E-state index in [2.05, 4.69) is 4.57 Å². The number of ketones is 1. The highest BCUT2D eigenvalue weighted by Crippen LogP contribution is 2.43. The molecular weight excluding hydrogens is 406 g/mol. The number of aromatic nitrogens is 1. The maximum atomic E-state index is 13.8. The van der Waals surface area contributed by atoms with Crippen molar-refractivity contribution in [3.63, 3.8) is 0 Å². The Hall–Kier alpha value is -3.77. The number of carbonyl (C=O) groups is 1. The molecule has 0 spiro atoms. The van der Waals surface area contributed by atoms with Gasteiger partial charge < -0.3 is 23.5 Å². The molecule has 0 radical (unpaired) electrons. The quantitative estimate of drug-likeness (QED) is 0.272. The maximum Gasteiger partial charge on any atom is 0.195 e. The highest BCUT2D eigenvalue weighted by atomic mass is 16.7. The van der Waals surface area contributed by atoms with Crippen LogP contribution in [0.3, 0.4) is 0 Å². The van der Waals surface area contributed by atoms with Gasteiger partial charge in [0.05, 0.1) is 31.0 Å². The molecule has 0 saturated heterocycles. The second-order valence-electron chi connectivity index (χ2n) is 7.62. The van der Waals surface area contributed by atoms with E-state index < -0.39 is 0 Å². The molecule has 162 valence electrons. The fraction of sp³-hybridized carbons (Fsp3) is 0.192. The Morgan fingerprint density at radius 2 is 1.56 bits per heavy atom. The Morgan fingerprint density at radius 1 is 0.875 bits per heavy atom. The van der Waals surface area contributed by atoms with Crippen molar-refractivity contribution in [1.82, 2.24) is 4.57 Å². The van der Waals surface area contributed by atoms with Gasteiger partial charge in [0.25, 0.3) is 0 Å². The van der Waals surface area contributed by atoms with Crippen LogP contribution in [0.25, 0.3) is 22.2 Å². The molecule has 0 aliphatic carbocycles. The first-order valence-electron chi connectivity index (χ1n) is 10.3. The van der Waals surface area contributed by atoms with E-state index in [4.69, 9.17) is 18.9 Å². The van der Waals surface area contributed by atoms with E-state index in [1.807, 2.05) is 36.4 Å². The van der Waals surface area contributed by atoms with Crippen molar-refractivity contribution in [1.29, 1.82) is 0 Å². The van der Waals surface area contributed by atoms with Crippen molar-refractivity contribution in [2.24, 2.45) is 0 Å². The highest BCUT2D eigenvalue weighted by molar-refractivity contribution is 6.21. The van der Waals surface area contributed by atoms with Gasteiger partial charge in [0.2, 0.25) is 0 Å². The van der Waals surface area contributed by atoms with Crippen LogP contribution in [0, 0.1) is 0 Å². The Balaban J connectivity index is 1.66. The summed E-state index contributed by atoms with van der Waals surface area (Å²) in [6, 6.07) is 19.0. The van der Waals surface area contributed by atoms with E-state index in [0.29, 0.717) is 23.4 Å². The number of hydrogen-bond acceptors (Lipinski definition) is 5. The van der Waals surface area contributed by atoms with Gasteiger partial charge in [-0.1, -0.05) is 0 Å². The number of ether oxygens (including phenoxy) is 4. The highest BCUT2D eigenvalue weighted by Gasteiger charge is 2.30. The smallest absolute Gasteiger partial charge is 0.195 e. The van der Waals surface area contributed by atoms with Crippen LogP contribution in [0.5, 0.6) is 17.2 Å². The lowest BCUT2D eigenvalue weighted by Crippen LogP contribution is -2.04.